The van der Waals surface area contributed by atoms with E-state index in [9.17, 15) is 9.18 Å². The molecule has 5 nitrogen and oxygen atoms in total. The topological polar surface area (TPSA) is 59.8 Å². The summed E-state index contributed by atoms with van der Waals surface area (Å²) in [6.45, 7) is 4.00. The van der Waals surface area contributed by atoms with Crippen LogP contribution in [0.1, 0.15) is 30.5 Å². The third kappa shape index (κ3) is 4.61. The molecule has 1 atom stereocenters. The number of hydrogen-bond acceptors (Lipinski definition) is 4. The van der Waals surface area contributed by atoms with Gasteiger partial charge in [-0.05, 0) is 37.1 Å². The monoisotopic (exact) mass is 434 g/mol. The minimum atomic E-state index is -0.547. The molecule has 1 amide bonds. The zero-order chi connectivity index (χ0) is 21.8. The van der Waals surface area contributed by atoms with Crippen LogP contribution >= 0.6 is 11.8 Å². The van der Waals surface area contributed by atoms with Crippen molar-refractivity contribution in [2.45, 2.75) is 37.2 Å². The molecule has 0 radical (unpaired) electrons. The maximum atomic E-state index is 14.1. The lowest BCUT2D eigenvalue weighted by molar-refractivity contribution is -0.119. The summed E-state index contributed by atoms with van der Waals surface area (Å²) < 4.78 is 16.0. The number of benzene rings is 2. The molecule has 31 heavy (non-hydrogen) atoms. The second kappa shape index (κ2) is 9.31. The van der Waals surface area contributed by atoms with Crippen molar-refractivity contribution in [2.75, 3.05) is 5.32 Å². The molecule has 0 spiro atoms. The molecule has 0 saturated heterocycles. The third-order valence-corrected chi connectivity index (χ3v) is 6.07. The molecule has 1 N–H and O–H groups in total. The smallest absolute Gasteiger partial charge is 0.247 e. The first-order chi connectivity index (χ1) is 15.1. The Morgan fingerprint density at radius 2 is 2.03 bits per heavy atom. The van der Waals surface area contributed by atoms with Crippen molar-refractivity contribution < 1.29 is 9.18 Å². The summed E-state index contributed by atoms with van der Waals surface area (Å²) in [7, 11) is 0. The quantitative estimate of drug-likeness (QED) is 0.376. The van der Waals surface area contributed by atoms with Gasteiger partial charge in [-0.3, -0.25) is 9.78 Å². The Hall–Kier alpha value is -3.19. The molecule has 2 aromatic heterocycles. The van der Waals surface area contributed by atoms with Crippen molar-refractivity contribution in [3.8, 4) is 0 Å². The normalized spacial score (nSPS) is 12.1. The van der Waals surface area contributed by atoms with Gasteiger partial charge in [-0.2, -0.15) is 0 Å². The fourth-order valence-corrected chi connectivity index (χ4v) is 4.54. The van der Waals surface area contributed by atoms with E-state index < -0.39 is 11.9 Å². The molecule has 0 fully saturated rings. The largest absolute Gasteiger partial charge is 0.322 e. The van der Waals surface area contributed by atoms with Gasteiger partial charge in [0.2, 0.25) is 5.91 Å². The molecule has 0 saturated carbocycles. The molecular formula is C24H23FN4OS. The summed E-state index contributed by atoms with van der Waals surface area (Å²) in [5.41, 5.74) is 4.11. The van der Waals surface area contributed by atoms with Gasteiger partial charge in [0.15, 0.2) is 5.16 Å². The second-order valence-electron chi connectivity index (χ2n) is 7.30. The first kappa shape index (κ1) is 21.1. The number of halogens is 1. The van der Waals surface area contributed by atoms with Gasteiger partial charge in [0.1, 0.15) is 11.9 Å². The van der Waals surface area contributed by atoms with E-state index >= 15 is 0 Å². The summed E-state index contributed by atoms with van der Waals surface area (Å²) in [6.07, 6.45) is 3.94. The fraction of sp³-hybridized carbons (Fsp3) is 0.208. The van der Waals surface area contributed by atoms with Crippen molar-refractivity contribution in [3.05, 3.63) is 83.9 Å². The van der Waals surface area contributed by atoms with Crippen molar-refractivity contribution in [2.24, 2.45) is 0 Å². The SMILES string of the molecule is CC[C@@H](C(=O)Nc1ccccc1F)n1c(SCc2cccc(C)c2)nc2ccncc21. The number of para-hydroxylation sites is 1. The highest BCUT2D eigenvalue weighted by molar-refractivity contribution is 7.98. The molecule has 4 aromatic rings. The average molecular weight is 435 g/mol. The molecule has 4 rings (SSSR count). The minimum absolute atomic E-state index is 0.169. The zero-order valence-electron chi connectivity index (χ0n) is 17.4. The lowest BCUT2D eigenvalue weighted by Crippen LogP contribution is -2.26. The first-order valence-electron chi connectivity index (χ1n) is 10.1. The van der Waals surface area contributed by atoms with E-state index in [2.05, 4.69) is 35.4 Å². The molecule has 158 valence electrons. The van der Waals surface area contributed by atoms with Crippen molar-refractivity contribution in [3.63, 3.8) is 0 Å². The van der Waals surface area contributed by atoms with Gasteiger partial charge in [0.25, 0.3) is 0 Å². The lowest BCUT2D eigenvalue weighted by Gasteiger charge is -2.20. The van der Waals surface area contributed by atoms with Crippen molar-refractivity contribution in [1.82, 2.24) is 14.5 Å². The van der Waals surface area contributed by atoms with Crippen LogP contribution in [0.3, 0.4) is 0 Å². The fourth-order valence-electron chi connectivity index (χ4n) is 3.54. The highest BCUT2D eigenvalue weighted by Crippen LogP contribution is 2.31. The van der Waals surface area contributed by atoms with Gasteiger partial charge >= 0.3 is 0 Å². The van der Waals surface area contributed by atoms with E-state index in [0.29, 0.717) is 6.42 Å². The Morgan fingerprint density at radius 1 is 1.19 bits per heavy atom. The van der Waals surface area contributed by atoms with Crippen LogP contribution in [-0.4, -0.2) is 20.4 Å². The van der Waals surface area contributed by atoms with Crippen LogP contribution in [0.15, 0.2) is 72.1 Å². The lowest BCUT2D eigenvalue weighted by atomic mass is 10.2. The molecule has 2 aromatic carbocycles. The van der Waals surface area contributed by atoms with Crippen LogP contribution in [0.5, 0.6) is 0 Å². The molecule has 0 aliphatic rings. The van der Waals surface area contributed by atoms with Crippen LogP contribution in [0.4, 0.5) is 10.1 Å². The molecule has 0 unspecified atom stereocenters. The number of fused-ring (bicyclic) bond motifs is 1. The summed E-state index contributed by atoms with van der Waals surface area (Å²) in [5.74, 6) is -0.0193. The maximum absolute atomic E-state index is 14.1. The predicted molar refractivity (Wildman–Crippen MR) is 123 cm³/mol. The predicted octanol–water partition coefficient (Wildman–Crippen LogP) is 5.76. The highest BCUT2D eigenvalue weighted by atomic mass is 32.2. The number of nitrogens with one attached hydrogen (secondary N) is 1. The number of thioether (sulfide) groups is 1. The van der Waals surface area contributed by atoms with Gasteiger partial charge in [0.05, 0.1) is 22.9 Å². The first-order valence-corrected chi connectivity index (χ1v) is 11.1. The van der Waals surface area contributed by atoms with Crippen LogP contribution in [0.25, 0.3) is 11.0 Å². The molecule has 7 heteroatoms. The van der Waals surface area contributed by atoms with E-state index in [1.165, 1.54) is 17.2 Å². The number of carbonyl (C=O) groups excluding carboxylic acids is 1. The molecular weight excluding hydrogens is 411 g/mol. The van der Waals surface area contributed by atoms with Gasteiger partial charge in [-0.25, -0.2) is 9.37 Å². The van der Waals surface area contributed by atoms with Crippen LogP contribution in [0.2, 0.25) is 0 Å². The van der Waals surface area contributed by atoms with E-state index in [4.69, 9.17) is 4.98 Å². The molecule has 2 heterocycles. The Labute approximate surface area is 184 Å². The number of amides is 1. The van der Waals surface area contributed by atoms with Gasteiger partial charge in [0, 0.05) is 11.9 Å². The number of rotatable bonds is 7. The van der Waals surface area contributed by atoms with E-state index in [1.807, 2.05) is 23.6 Å². The van der Waals surface area contributed by atoms with Crippen molar-refractivity contribution >= 4 is 34.4 Å². The van der Waals surface area contributed by atoms with E-state index in [-0.39, 0.29) is 11.6 Å². The minimum Gasteiger partial charge on any atom is -0.322 e. The van der Waals surface area contributed by atoms with Gasteiger partial charge in [-0.15, -0.1) is 0 Å². The number of aryl methyl sites for hydroxylation is 1. The number of hydrogen-bond donors (Lipinski definition) is 1. The maximum Gasteiger partial charge on any atom is 0.247 e. The Balaban J connectivity index is 1.67. The van der Waals surface area contributed by atoms with Crippen LogP contribution in [0, 0.1) is 12.7 Å². The van der Waals surface area contributed by atoms with Crippen LogP contribution in [-0.2, 0) is 10.5 Å². The Kier molecular flexibility index (Phi) is 6.32. The Bertz CT molecular complexity index is 1220. The molecule has 0 bridgehead atoms. The van der Waals surface area contributed by atoms with E-state index in [1.54, 1.807) is 42.4 Å². The number of anilines is 1. The number of nitrogens with zero attached hydrogens (tertiary/aromatic N) is 3. The van der Waals surface area contributed by atoms with Gasteiger partial charge in [-0.1, -0.05) is 60.6 Å². The van der Waals surface area contributed by atoms with Crippen molar-refractivity contribution in [1.29, 1.82) is 0 Å². The number of imidazole rings is 1. The van der Waals surface area contributed by atoms with Crippen LogP contribution < -0.4 is 5.32 Å². The second-order valence-corrected chi connectivity index (χ2v) is 8.24. The Morgan fingerprint density at radius 3 is 2.81 bits per heavy atom. The number of aromatic nitrogens is 3. The van der Waals surface area contributed by atoms with E-state index in [0.717, 1.165) is 21.9 Å². The summed E-state index contributed by atoms with van der Waals surface area (Å²) in [5, 5.41) is 3.47. The standard InChI is InChI=1S/C24H23FN4OS/c1-3-21(23(30)27-19-10-5-4-9-18(19)25)29-22-14-26-12-11-20(22)28-24(29)31-15-17-8-6-7-16(2)13-17/h4-14,21H,3,15H2,1-2H3,(H,27,30)/t21-/m0/s1. The zero-order valence-corrected chi connectivity index (χ0v) is 18.2. The number of carbonyl (C=O) groups is 1. The molecule has 0 aliphatic carbocycles. The summed E-state index contributed by atoms with van der Waals surface area (Å²) in [6, 6.07) is 15.8. The number of pyridine rings is 1. The summed E-state index contributed by atoms with van der Waals surface area (Å²) in [4.78, 5) is 22.1. The third-order valence-electron chi connectivity index (χ3n) is 5.04. The summed E-state index contributed by atoms with van der Waals surface area (Å²) >= 11 is 1.58. The highest BCUT2D eigenvalue weighted by Gasteiger charge is 2.25. The average Bonchev–Trinajstić information content (AvgIpc) is 3.13. The molecule has 0 aliphatic heterocycles. The van der Waals surface area contributed by atoms with Gasteiger partial charge < -0.3 is 9.88 Å².